The second-order valence-corrected chi connectivity index (χ2v) is 3.27. The lowest BCUT2D eigenvalue weighted by molar-refractivity contribution is 0.112. The average molecular weight is 229 g/mol. The van der Waals surface area contributed by atoms with Crippen molar-refractivity contribution in [3.8, 4) is 0 Å². The monoisotopic (exact) mass is 229 g/mol. The second kappa shape index (κ2) is 7.00. The van der Waals surface area contributed by atoms with Crippen molar-refractivity contribution in [3.05, 3.63) is 54.4 Å². The van der Waals surface area contributed by atoms with E-state index in [1.54, 1.807) is 24.5 Å². The molecule has 0 aliphatic rings. The molecule has 4 nitrogen and oxygen atoms in total. The molecular weight excluding hydrogens is 214 g/mol. The number of carbonyl (C=O) groups is 1. The summed E-state index contributed by atoms with van der Waals surface area (Å²) in [4.78, 5) is 13.7. The van der Waals surface area contributed by atoms with Crippen LogP contribution in [-0.4, -0.2) is 18.3 Å². The van der Waals surface area contributed by atoms with Gasteiger partial charge in [0.1, 0.15) is 6.29 Å². The predicted molar refractivity (Wildman–Crippen MR) is 70.0 cm³/mol. The first-order valence-electron chi connectivity index (χ1n) is 5.14. The van der Waals surface area contributed by atoms with Crippen molar-refractivity contribution < 1.29 is 4.79 Å². The molecule has 0 amide bonds. The van der Waals surface area contributed by atoms with Crippen LogP contribution in [0.1, 0.15) is 10.4 Å². The van der Waals surface area contributed by atoms with Crippen molar-refractivity contribution in [2.75, 3.05) is 18.1 Å². The molecule has 0 fully saturated rings. The molecule has 0 atom stereocenters. The van der Waals surface area contributed by atoms with Crippen molar-refractivity contribution in [1.29, 1.82) is 0 Å². The van der Waals surface area contributed by atoms with Crippen LogP contribution in [0.5, 0.6) is 0 Å². The van der Waals surface area contributed by atoms with E-state index in [2.05, 4.69) is 10.3 Å². The van der Waals surface area contributed by atoms with Crippen molar-refractivity contribution in [2.24, 2.45) is 0 Å². The number of aromatic nitrogens is 1. The molecule has 2 aromatic rings. The normalized spacial score (nSPS) is 8.76. The summed E-state index contributed by atoms with van der Waals surface area (Å²) in [5.41, 5.74) is 8.01. The molecule has 0 radical (unpaired) electrons. The van der Waals surface area contributed by atoms with E-state index in [-0.39, 0.29) is 0 Å². The molecule has 1 aromatic heterocycles. The van der Waals surface area contributed by atoms with E-state index >= 15 is 0 Å². The van der Waals surface area contributed by atoms with Crippen LogP contribution in [0, 0.1) is 0 Å². The Bertz CT molecular complexity index is 440. The van der Waals surface area contributed by atoms with Gasteiger partial charge in [0.05, 0.1) is 0 Å². The Labute approximate surface area is 100 Å². The highest BCUT2D eigenvalue weighted by atomic mass is 16.1. The number of nitrogens with one attached hydrogen (secondary N) is 1. The molecule has 0 saturated carbocycles. The number of nitrogens with two attached hydrogens (primary N) is 1. The largest absolute Gasteiger partial charge is 0.399 e. The third-order valence-corrected chi connectivity index (χ3v) is 2.04. The highest BCUT2D eigenvalue weighted by molar-refractivity contribution is 5.73. The Morgan fingerprint density at radius 2 is 1.71 bits per heavy atom. The molecule has 1 aromatic carbocycles. The molecule has 88 valence electrons. The minimum atomic E-state index is 0.667. The van der Waals surface area contributed by atoms with Gasteiger partial charge in [-0.1, -0.05) is 0 Å². The van der Waals surface area contributed by atoms with Gasteiger partial charge in [-0.25, -0.2) is 0 Å². The Balaban J connectivity index is 0.000000171. The topological polar surface area (TPSA) is 68.0 Å². The van der Waals surface area contributed by atoms with E-state index in [0.717, 1.165) is 17.7 Å². The first kappa shape index (κ1) is 12.7. The Morgan fingerprint density at radius 1 is 1.12 bits per heavy atom. The molecule has 0 saturated heterocycles. The van der Waals surface area contributed by atoms with Crippen LogP contribution in [0.4, 0.5) is 11.4 Å². The number of benzene rings is 1. The smallest absolute Gasteiger partial charge is 0.150 e. The van der Waals surface area contributed by atoms with Gasteiger partial charge in [0, 0.05) is 36.4 Å². The van der Waals surface area contributed by atoms with Crippen LogP contribution >= 0.6 is 0 Å². The summed E-state index contributed by atoms with van der Waals surface area (Å²) < 4.78 is 0. The highest BCUT2D eigenvalue weighted by Gasteiger charge is 1.84. The zero-order valence-electron chi connectivity index (χ0n) is 9.63. The maximum Gasteiger partial charge on any atom is 0.150 e. The first-order chi connectivity index (χ1) is 8.26. The predicted octanol–water partition coefficient (Wildman–Crippen LogP) is 2.20. The highest BCUT2D eigenvalue weighted by Crippen LogP contribution is 2.08. The van der Waals surface area contributed by atoms with Crippen molar-refractivity contribution >= 4 is 17.7 Å². The number of rotatable bonds is 2. The van der Waals surface area contributed by atoms with Crippen molar-refractivity contribution in [2.45, 2.75) is 0 Å². The first-order valence-corrected chi connectivity index (χ1v) is 5.14. The van der Waals surface area contributed by atoms with E-state index in [1.807, 2.05) is 31.3 Å². The molecule has 0 unspecified atom stereocenters. The summed E-state index contributed by atoms with van der Waals surface area (Å²) in [5.74, 6) is 0. The average Bonchev–Trinajstić information content (AvgIpc) is 2.41. The molecule has 0 bridgehead atoms. The maximum atomic E-state index is 9.98. The van der Waals surface area contributed by atoms with Crippen LogP contribution < -0.4 is 11.1 Å². The zero-order valence-corrected chi connectivity index (χ0v) is 9.63. The molecule has 2 rings (SSSR count). The van der Waals surface area contributed by atoms with Gasteiger partial charge in [-0.2, -0.15) is 0 Å². The summed E-state index contributed by atoms with van der Waals surface area (Å²) in [6.45, 7) is 0. The quantitative estimate of drug-likeness (QED) is 0.612. The number of aldehydes is 1. The number of pyridine rings is 1. The molecule has 0 spiro atoms. The van der Waals surface area contributed by atoms with Crippen LogP contribution in [0.3, 0.4) is 0 Å². The van der Waals surface area contributed by atoms with Gasteiger partial charge in [0.25, 0.3) is 0 Å². The van der Waals surface area contributed by atoms with Crippen molar-refractivity contribution in [1.82, 2.24) is 4.98 Å². The summed E-state index contributed by atoms with van der Waals surface area (Å²) >= 11 is 0. The Hall–Kier alpha value is -2.36. The number of nitrogen functional groups attached to an aromatic ring is 1. The van der Waals surface area contributed by atoms with Crippen LogP contribution in [0.25, 0.3) is 0 Å². The van der Waals surface area contributed by atoms with Gasteiger partial charge in [-0.05, 0) is 36.4 Å². The van der Waals surface area contributed by atoms with E-state index in [4.69, 9.17) is 5.73 Å². The van der Waals surface area contributed by atoms with Crippen LogP contribution in [0.15, 0.2) is 48.8 Å². The summed E-state index contributed by atoms with van der Waals surface area (Å²) in [6.07, 6.45) is 3.97. The van der Waals surface area contributed by atoms with Gasteiger partial charge in [-0.3, -0.25) is 9.78 Å². The Morgan fingerprint density at radius 3 is 2.12 bits per heavy atom. The lowest BCUT2D eigenvalue weighted by Gasteiger charge is -1.97. The number of anilines is 2. The minimum Gasteiger partial charge on any atom is -0.399 e. The zero-order chi connectivity index (χ0) is 12.5. The molecule has 0 aliphatic heterocycles. The maximum absolute atomic E-state index is 9.98. The molecular formula is C13H15N3O. The number of carbonyl (C=O) groups excluding carboxylic acids is 1. The molecule has 4 heteroatoms. The molecule has 3 N–H and O–H groups in total. The number of hydrogen-bond donors (Lipinski definition) is 2. The summed E-state index contributed by atoms with van der Waals surface area (Å²) in [6, 6.07) is 10.9. The molecule has 17 heavy (non-hydrogen) atoms. The van der Waals surface area contributed by atoms with E-state index < -0.39 is 0 Å². The number of hydrogen-bond acceptors (Lipinski definition) is 4. The lowest BCUT2D eigenvalue weighted by atomic mass is 10.3. The summed E-state index contributed by atoms with van der Waals surface area (Å²) in [7, 11) is 1.88. The minimum absolute atomic E-state index is 0.667. The van der Waals surface area contributed by atoms with Gasteiger partial charge >= 0.3 is 0 Å². The van der Waals surface area contributed by atoms with Crippen LogP contribution in [-0.2, 0) is 0 Å². The van der Waals surface area contributed by atoms with Gasteiger partial charge in [0.2, 0.25) is 0 Å². The fourth-order valence-electron chi connectivity index (χ4n) is 1.09. The fourth-order valence-corrected chi connectivity index (χ4v) is 1.09. The Kier molecular flexibility index (Phi) is 5.24. The lowest BCUT2D eigenvalue weighted by Crippen LogP contribution is -1.88. The van der Waals surface area contributed by atoms with E-state index in [9.17, 15) is 4.79 Å². The van der Waals surface area contributed by atoms with E-state index in [1.165, 1.54) is 0 Å². The van der Waals surface area contributed by atoms with Crippen molar-refractivity contribution in [3.63, 3.8) is 0 Å². The molecule has 1 heterocycles. The van der Waals surface area contributed by atoms with Gasteiger partial charge in [0.15, 0.2) is 0 Å². The second-order valence-electron chi connectivity index (χ2n) is 3.27. The SMILES string of the molecule is CNc1ccc(N)cc1.O=Cc1ccncc1. The molecule has 0 aliphatic carbocycles. The third-order valence-electron chi connectivity index (χ3n) is 2.04. The summed E-state index contributed by atoms with van der Waals surface area (Å²) in [5, 5.41) is 3.00. The van der Waals surface area contributed by atoms with Gasteiger partial charge < -0.3 is 11.1 Å². The fraction of sp³-hybridized carbons (Fsp3) is 0.0769. The van der Waals surface area contributed by atoms with Crippen LogP contribution in [0.2, 0.25) is 0 Å². The standard InChI is InChI=1S/C7H10N2.C6H5NO/c1-9-7-4-2-6(8)3-5-7;8-5-6-1-3-7-4-2-6/h2-5,9H,8H2,1H3;1-5H. The number of nitrogens with zero attached hydrogens (tertiary/aromatic N) is 1. The third kappa shape index (κ3) is 4.79. The van der Waals surface area contributed by atoms with E-state index in [0.29, 0.717) is 5.56 Å². The van der Waals surface area contributed by atoms with Gasteiger partial charge in [-0.15, -0.1) is 0 Å².